The molecule has 2 rings (SSSR count). The quantitative estimate of drug-likeness (QED) is 0.706. The monoisotopic (exact) mass is 245 g/mol. The molecule has 7 nitrogen and oxygen atoms in total. The molecule has 0 amide bonds. The Kier molecular flexibility index (Phi) is 2.96. The zero-order valence-electron chi connectivity index (χ0n) is 9.07. The molecule has 2 heterocycles. The second-order valence-corrected chi connectivity index (χ2v) is 6.06. The Morgan fingerprint density at radius 3 is 2.75 bits per heavy atom. The normalized spacial score (nSPS) is 18.6. The zero-order chi connectivity index (χ0) is 11.8. The first kappa shape index (κ1) is 11.5. The van der Waals surface area contributed by atoms with E-state index in [1.165, 1.54) is 10.6 Å². The van der Waals surface area contributed by atoms with Gasteiger partial charge in [-0.15, -0.1) is 5.10 Å². The lowest BCUT2D eigenvalue weighted by Gasteiger charge is -2.36. The third-order valence-electron chi connectivity index (χ3n) is 2.63. The van der Waals surface area contributed by atoms with Gasteiger partial charge in [0, 0.05) is 38.3 Å². The van der Waals surface area contributed by atoms with Crippen LogP contribution < -0.4 is 5.73 Å². The maximum Gasteiger partial charge on any atom is 0.211 e. The minimum Gasteiger partial charge on any atom is -0.325 e. The van der Waals surface area contributed by atoms with E-state index in [1.54, 1.807) is 10.9 Å². The second kappa shape index (κ2) is 4.11. The molecule has 0 atom stereocenters. The third kappa shape index (κ3) is 2.39. The number of sulfonamides is 1. The average Bonchev–Trinajstić information content (AvgIpc) is 2.56. The molecule has 0 aliphatic carbocycles. The van der Waals surface area contributed by atoms with Gasteiger partial charge in [-0.1, -0.05) is 5.21 Å². The van der Waals surface area contributed by atoms with Crippen molar-refractivity contribution in [3.63, 3.8) is 0 Å². The van der Waals surface area contributed by atoms with Crippen molar-refractivity contribution >= 4 is 10.0 Å². The molecule has 1 aliphatic heterocycles. The number of nitrogens with two attached hydrogens (primary N) is 1. The van der Waals surface area contributed by atoms with E-state index >= 15 is 0 Å². The fourth-order valence-corrected chi connectivity index (χ4v) is 2.66. The van der Waals surface area contributed by atoms with E-state index in [0.29, 0.717) is 32.1 Å². The molecule has 2 N–H and O–H groups in total. The predicted molar refractivity (Wildman–Crippen MR) is 57.8 cm³/mol. The van der Waals surface area contributed by atoms with Gasteiger partial charge in [-0.05, 0) is 0 Å². The van der Waals surface area contributed by atoms with Gasteiger partial charge in [0.05, 0.1) is 11.9 Å². The zero-order valence-corrected chi connectivity index (χ0v) is 9.89. The lowest BCUT2D eigenvalue weighted by Crippen LogP contribution is -2.50. The van der Waals surface area contributed by atoms with Gasteiger partial charge in [-0.3, -0.25) is 4.68 Å². The van der Waals surface area contributed by atoms with Gasteiger partial charge >= 0.3 is 0 Å². The van der Waals surface area contributed by atoms with Crippen molar-refractivity contribution in [3.8, 4) is 0 Å². The number of aromatic nitrogens is 3. The Hall–Kier alpha value is -0.990. The molecule has 0 spiro atoms. The van der Waals surface area contributed by atoms with E-state index in [0.717, 1.165) is 5.69 Å². The summed E-state index contributed by atoms with van der Waals surface area (Å²) in [5.74, 6) is 0.321. The number of nitrogens with zero attached hydrogens (tertiary/aromatic N) is 4. The van der Waals surface area contributed by atoms with Crippen LogP contribution in [0.5, 0.6) is 0 Å². The van der Waals surface area contributed by atoms with Crippen LogP contribution >= 0.6 is 0 Å². The molecule has 8 heteroatoms. The molecular formula is C8H15N5O2S. The summed E-state index contributed by atoms with van der Waals surface area (Å²) >= 11 is 0. The average molecular weight is 245 g/mol. The van der Waals surface area contributed by atoms with Crippen molar-refractivity contribution in [3.05, 3.63) is 11.9 Å². The molecule has 1 saturated heterocycles. The molecular weight excluding hydrogens is 230 g/mol. The van der Waals surface area contributed by atoms with E-state index in [9.17, 15) is 8.42 Å². The van der Waals surface area contributed by atoms with Gasteiger partial charge < -0.3 is 5.73 Å². The molecule has 1 aliphatic rings. The topological polar surface area (TPSA) is 94.1 Å². The molecule has 0 unspecified atom stereocenters. The number of hydrogen-bond donors (Lipinski definition) is 1. The van der Waals surface area contributed by atoms with Crippen LogP contribution in [-0.2, 0) is 23.1 Å². The van der Waals surface area contributed by atoms with Crippen molar-refractivity contribution in [2.75, 3.05) is 19.3 Å². The molecule has 0 aromatic carbocycles. The molecule has 1 aromatic heterocycles. The highest BCUT2D eigenvalue weighted by molar-refractivity contribution is 7.88. The molecule has 90 valence electrons. The van der Waals surface area contributed by atoms with Gasteiger partial charge in [0.1, 0.15) is 0 Å². The van der Waals surface area contributed by atoms with Gasteiger partial charge in [-0.2, -0.15) is 0 Å². The van der Waals surface area contributed by atoms with E-state index in [-0.39, 0.29) is 0 Å². The van der Waals surface area contributed by atoms with Crippen molar-refractivity contribution in [2.45, 2.75) is 13.1 Å². The van der Waals surface area contributed by atoms with Crippen molar-refractivity contribution in [2.24, 2.45) is 11.7 Å². The summed E-state index contributed by atoms with van der Waals surface area (Å²) < 4.78 is 25.4. The van der Waals surface area contributed by atoms with Crippen LogP contribution in [0.1, 0.15) is 5.69 Å². The summed E-state index contributed by atoms with van der Waals surface area (Å²) in [6, 6.07) is 0. The SMILES string of the molecule is CS(=O)(=O)N1CC(Cn2cc(CN)nn2)C1. The summed E-state index contributed by atoms with van der Waals surface area (Å²) in [5, 5.41) is 7.78. The highest BCUT2D eigenvalue weighted by atomic mass is 32.2. The van der Waals surface area contributed by atoms with E-state index in [2.05, 4.69) is 10.3 Å². The van der Waals surface area contributed by atoms with E-state index in [4.69, 9.17) is 5.73 Å². The summed E-state index contributed by atoms with van der Waals surface area (Å²) in [5.41, 5.74) is 6.17. The van der Waals surface area contributed by atoms with E-state index < -0.39 is 10.0 Å². The smallest absolute Gasteiger partial charge is 0.211 e. The molecule has 0 saturated carbocycles. The van der Waals surface area contributed by atoms with Crippen LogP contribution in [0.25, 0.3) is 0 Å². The lowest BCUT2D eigenvalue weighted by molar-refractivity contribution is 0.175. The molecule has 1 aromatic rings. The van der Waals surface area contributed by atoms with Gasteiger partial charge in [0.15, 0.2) is 0 Å². The number of rotatable bonds is 4. The fraction of sp³-hybridized carbons (Fsp3) is 0.750. The third-order valence-corrected chi connectivity index (χ3v) is 3.87. The van der Waals surface area contributed by atoms with Crippen molar-refractivity contribution in [1.82, 2.24) is 19.3 Å². The van der Waals surface area contributed by atoms with Crippen LogP contribution in [0.2, 0.25) is 0 Å². The van der Waals surface area contributed by atoms with Crippen LogP contribution in [0.4, 0.5) is 0 Å². The molecule has 0 radical (unpaired) electrons. The standard InChI is InChI=1S/C8H15N5O2S/c1-16(14,15)13-4-7(5-13)3-12-6-8(2-9)10-11-12/h6-7H,2-5,9H2,1H3. The maximum absolute atomic E-state index is 11.1. The van der Waals surface area contributed by atoms with Crippen LogP contribution in [0.3, 0.4) is 0 Å². The Bertz CT molecular complexity index is 463. The van der Waals surface area contributed by atoms with Crippen molar-refractivity contribution in [1.29, 1.82) is 0 Å². The highest BCUT2D eigenvalue weighted by Gasteiger charge is 2.33. The van der Waals surface area contributed by atoms with Crippen LogP contribution in [0.15, 0.2) is 6.20 Å². The first-order chi connectivity index (χ1) is 7.49. The minimum absolute atomic E-state index is 0.321. The highest BCUT2D eigenvalue weighted by Crippen LogP contribution is 2.19. The van der Waals surface area contributed by atoms with Crippen molar-refractivity contribution < 1.29 is 8.42 Å². The maximum atomic E-state index is 11.1. The molecule has 16 heavy (non-hydrogen) atoms. The molecule has 0 bridgehead atoms. The molecule has 1 fully saturated rings. The number of hydrogen-bond acceptors (Lipinski definition) is 5. The van der Waals surface area contributed by atoms with Crippen LogP contribution in [0, 0.1) is 5.92 Å². The Balaban J connectivity index is 1.86. The predicted octanol–water partition coefficient (Wildman–Crippen LogP) is -1.37. The lowest BCUT2D eigenvalue weighted by atomic mass is 10.0. The fourth-order valence-electron chi connectivity index (χ4n) is 1.69. The largest absolute Gasteiger partial charge is 0.325 e. The second-order valence-electron chi connectivity index (χ2n) is 4.08. The Morgan fingerprint density at radius 1 is 1.56 bits per heavy atom. The Labute approximate surface area is 94.3 Å². The summed E-state index contributed by atoms with van der Waals surface area (Å²) in [6.45, 7) is 2.20. The summed E-state index contributed by atoms with van der Waals surface area (Å²) in [7, 11) is -3.02. The van der Waals surface area contributed by atoms with E-state index in [1.807, 2.05) is 0 Å². The van der Waals surface area contributed by atoms with Gasteiger partial charge in [0.25, 0.3) is 0 Å². The van der Waals surface area contributed by atoms with Crippen LogP contribution in [-0.4, -0.2) is 47.1 Å². The summed E-state index contributed by atoms with van der Waals surface area (Å²) in [6.07, 6.45) is 3.02. The minimum atomic E-state index is -3.02. The summed E-state index contributed by atoms with van der Waals surface area (Å²) in [4.78, 5) is 0. The first-order valence-electron chi connectivity index (χ1n) is 5.03. The van der Waals surface area contributed by atoms with Gasteiger partial charge in [0.2, 0.25) is 10.0 Å². The van der Waals surface area contributed by atoms with Gasteiger partial charge in [-0.25, -0.2) is 12.7 Å². The first-order valence-corrected chi connectivity index (χ1v) is 6.88. The Morgan fingerprint density at radius 2 is 2.25 bits per heavy atom.